The number of urea groups is 1. The Hall–Kier alpha value is -1.89. The zero-order chi connectivity index (χ0) is 14.5. The number of thiazole rings is 1. The van der Waals surface area contributed by atoms with E-state index in [1.807, 2.05) is 19.2 Å². The molecule has 0 aromatic carbocycles. The van der Waals surface area contributed by atoms with Crippen LogP contribution in [0, 0.1) is 6.92 Å². The predicted octanol–water partition coefficient (Wildman–Crippen LogP) is 2.47. The van der Waals surface area contributed by atoms with Crippen LogP contribution < -0.4 is 5.32 Å². The van der Waals surface area contributed by atoms with Crippen LogP contribution in [0.3, 0.4) is 0 Å². The highest BCUT2D eigenvalue weighted by atomic mass is 32.1. The number of imidazole rings is 1. The van der Waals surface area contributed by atoms with E-state index in [0.717, 1.165) is 22.9 Å². The van der Waals surface area contributed by atoms with Gasteiger partial charge in [-0.25, -0.2) is 14.8 Å². The lowest BCUT2D eigenvalue weighted by Gasteiger charge is -2.21. The molecule has 0 fully saturated rings. The second-order valence-electron chi connectivity index (χ2n) is 4.64. The molecule has 2 aromatic rings. The van der Waals surface area contributed by atoms with E-state index in [0.29, 0.717) is 6.54 Å². The average molecular weight is 293 g/mol. The Morgan fingerprint density at radius 1 is 1.55 bits per heavy atom. The van der Waals surface area contributed by atoms with E-state index in [-0.39, 0.29) is 12.1 Å². The maximum atomic E-state index is 12.2. The number of nitrogens with one attached hydrogen (secondary N) is 2. The highest BCUT2D eigenvalue weighted by molar-refractivity contribution is 7.09. The Balaban J connectivity index is 1.95. The largest absolute Gasteiger partial charge is 0.344 e. The molecule has 0 aliphatic heterocycles. The minimum absolute atomic E-state index is 0.102. The molecule has 0 spiro atoms. The predicted molar refractivity (Wildman–Crippen MR) is 78.5 cm³/mol. The van der Waals surface area contributed by atoms with Gasteiger partial charge in [-0.05, 0) is 13.3 Å². The number of carbonyl (C=O) groups excluding carboxylic acids is 1. The van der Waals surface area contributed by atoms with Crippen molar-refractivity contribution in [3.63, 3.8) is 0 Å². The molecule has 2 heterocycles. The first-order chi connectivity index (χ1) is 9.60. The summed E-state index contributed by atoms with van der Waals surface area (Å²) >= 11 is 1.54. The number of nitrogens with zero attached hydrogens (tertiary/aromatic N) is 3. The third-order valence-electron chi connectivity index (χ3n) is 2.96. The molecule has 0 aliphatic carbocycles. The van der Waals surface area contributed by atoms with Crippen LogP contribution in [0.5, 0.6) is 0 Å². The molecular formula is C13H19N5OS. The molecule has 2 N–H and O–H groups in total. The summed E-state index contributed by atoms with van der Waals surface area (Å²) < 4.78 is 0. The van der Waals surface area contributed by atoms with Crippen LogP contribution in [0.2, 0.25) is 0 Å². The minimum Gasteiger partial charge on any atom is -0.344 e. The number of H-pyrrole nitrogens is 1. The summed E-state index contributed by atoms with van der Waals surface area (Å²) in [4.78, 5) is 25.4. The molecule has 7 heteroatoms. The van der Waals surface area contributed by atoms with Crippen LogP contribution in [-0.2, 0) is 6.54 Å². The van der Waals surface area contributed by atoms with Crippen molar-refractivity contribution in [2.24, 2.45) is 0 Å². The quantitative estimate of drug-likeness (QED) is 0.889. The van der Waals surface area contributed by atoms with E-state index in [4.69, 9.17) is 0 Å². The SMILES string of the molecule is CC[C@@H](NC(=O)N(C)Cc1nccs1)c1ncc(C)[nH]1. The van der Waals surface area contributed by atoms with E-state index in [1.54, 1.807) is 35.7 Å². The van der Waals surface area contributed by atoms with Crippen LogP contribution in [0.4, 0.5) is 4.79 Å². The first-order valence-electron chi connectivity index (χ1n) is 6.51. The topological polar surface area (TPSA) is 73.9 Å². The van der Waals surface area contributed by atoms with Crippen LogP contribution in [0.25, 0.3) is 0 Å². The molecule has 108 valence electrons. The summed E-state index contributed by atoms with van der Waals surface area (Å²) in [5, 5.41) is 5.80. The number of hydrogen-bond acceptors (Lipinski definition) is 4. The summed E-state index contributed by atoms with van der Waals surface area (Å²) in [7, 11) is 1.76. The number of aromatic nitrogens is 3. The Morgan fingerprint density at radius 3 is 2.90 bits per heavy atom. The molecule has 6 nitrogen and oxygen atoms in total. The van der Waals surface area contributed by atoms with Gasteiger partial charge >= 0.3 is 6.03 Å². The van der Waals surface area contributed by atoms with Crippen LogP contribution in [-0.4, -0.2) is 32.9 Å². The van der Waals surface area contributed by atoms with Gasteiger partial charge in [0, 0.05) is 30.5 Å². The highest BCUT2D eigenvalue weighted by Gasteiger charge is 2.18. The Morgan fingerprint density at radius 2 is 2.35 bits per heavy atom. The third kappa shape index (κ3) is 3.57. The maximum absolute atomic E-state index is 12.2. The van der Waals surface area contributed by atoms with Gasteiger partial charge < -0.3 is 15.2 Å². The van der Waals surface area contributed by atoms with Crippen LogP contribution in [0.15, 0.2) is 17.8 Å². The standard InChI is InChI=1S/C13H19N5OS/c1-4-10(12-15-7-9(2)16-12)17-13(19)18(3)8-11-14-5-6-20-11/h5-7,10H,4,8H2,1-3H3,(H,15,16)(H,17,19)/t10-/m1/s1. The van der Waals surface area contributed by atoms with Gasteiger partial charge in [0.15, 0.2) is 0 Å². The zero-order valence-corrected chi connectivity index (χ0v) is 12.7. The Bertz CT molecular complexity index is 551. The number of amides is 2. The molecule has 0 saturated heterocycles. The second-order valence-corrected chi connectivity index (χ2v) is 5.62. The number of carbonyl (C=O) groups is 1. The van der Waals surface area contributed by atoms with Crippen molar-refractivity contribution < 1.29 is 4.79 Å². The Labute approximate surface area is 122 Å². The molecule has 20 heavy (non-hydrogen) atoms. The fraction of sp³-hybridized carbons (Fsp3) is 0.462. The van der Waals surface area contributed by atoms with Gasteiger partial charge in [-0.1, -0.05) is 6.92 Å². The zero-order valence-electron chi connectivity index (χ0n) is 11.9. The average Bonchev–Trinajstić information content (AvgIpc) is 3.07. The Kier molecular flexibility index (Phi) is 4.73. The first-order valence-corrected chi connectivity index (χ1v) is 7.39. The molecule has 0 saturated carbocycles. The van der Waals surface area contributed by atoms with Crippen LogP contribution in [0.1, 0.15) is 35.9 Å². The van der Waals surface area contributed by atoms with E-state index in [1.165, 1.54) is 0 Å². The molecule has 2 aromatic heterocycles. The molecule has 0 unspecified atom stereocenters. The van der Waals surface area contributed by atoms with Crippen LogP contribution >= 0.6 is 11.3 Å². The number of aryl methyl sites for hydroxylation is 1. The summed E-state index contributed by atoms with van der Waals surface area (Å²) in [6, 6.07) is -0.226. The lowest BCUT2D eigenvalue weighted by molar-refractivity contribution is 0.201. The molecule has 0 bridgehead atoms. The number of hydrogen-bond donors (Lipinski definition) is 2. The fourth-order valence-corrected chi connectivity index (χ4v) is 2.51. The number of rotatable bonds is 5. The van der Waals surface area contributed by atoms with E-state index < -0.39 is 0 Å². The third-order valence-corrected chi connectivity index (χ3v) is 3.73. The smallest absolute Gasteiger partial charge is 0.318 e. The minimum atomic E-state index is -0.124. The normalized spacial score (nSPS) is 12.2. The molecular weight excluding hydrogens is 274 g/mol. The lowest BCUT2D eigenvalue weighted by Crippen LogP contribution is -2.39. The van der Waals surface area contributed by atoms with Crippen molar-refractivity contribution in [2.75, 3.05) is 7.05 Å². The maximum Gasteiger partial charge on any atom is 0.318 e. The van der Waals surface area contributed by atoms with Crippen molar-refractivity contribution in [3.05, 3.63) is 34.3 Å². The van der Waals surface area contributed by atoms with Gasteiger partial charge in [0.25, 0.3) is 0 Å². The van der Waals surface area contributed by atoms with Gasteiger partial charge in [-0.3, -0.25) is 0 Å². The molecule has 1 atom stereocenters. The van der Waals surface area contributed by atoms with Gasteiger partial charge in [-0.2, -0.15) is 0 Å². The van der Waals surface area contributed by atoms with E-state index in [9.17, 15) is 4.79 Å². The van der Waals surface area contributed by atoms with Crippen molar-refractivity contribution in [1.29, 1.82) is 0 Å². The van der Waals surface area contributed by atoms with Crippen molar-refractivity contribution in [3.8, 4) is 0 Å². The van der Waals surface area contributed by atoms with Crippen molar-refractivity contribution in [1.82, 2.24) is 25.2 Å². The molecule has 2 amide bonds. The number of aromatic amines is 1. The first kappa shape index (κ1) is 14.5. The summed E-state index contributed by atoms with van der Waals surface area (Å²) in [5.74, 6) is 0.793. The molecule has 2 rings (SSSR count). The molecule has 0 radical (unpaired) electrons. The summed E-state index contributed by atoms with van der Waals surface area (Å²) in [6.07, 6.45) is 4.29. The summed E-state index contributed by atoms with van der Waals surface area (Å²) in [6.45, 7) is 4.47. The van der Waals surface area contributed by atoms with Gasteiger partial charge in [0.05, 0.1) is 12.6 Å². The van der Waals surface area contributed by atoms with E-state index >= 15 is 0 Å². The van der Waals surface area contributed by atoms with Gasteiger partial charge in [-0.15, -0.1) is 11.3 Å². The highest BCUT2D eigenvalue weighted by Crippen LogP contribution is 2.14. The van der Waals surface area contributed by atoms with Crippen molar-refractivity contribution >= 4 is 17.4 Å². The van der Waals surface area contributed by atoms with Gasteiger partial charge in [0.2, 0.25) is 0 Å². The van der Waals surface area contributed by atoms with Gasteiger partial charge in [0.1, 0.15) is 10.8 Å². The second kappa shape index (κ2) is 6.51. The van der Waals surface area contributed by atoms with Crippen molar-refractivity contribution in [2.45, 2.75) is 32.9 Å². The molecule has 0 aliphatic rings. The monoisotopic (exact) mass is 293 g/mol. The fourth-order valence-electron chi connectivity index (χ4n) is 1.84. The summed E-state index contributed by atoms with van der Waals surface area (Å²) in [5.41, 5.74) is 0.990. The lowest BCUT2D eigenvalue weighted by atomic mass is 10.2. The van der Waals surface area contributed by atoms with E-state index in [2.05, 4.69) is 20.3 Å².